The fourth-order valence-electron chi connectivity index (χ4n) is 4.24. The van der Waals surface area contributed by atoms with Gasteiger partial charge in [-0.3, -0.25) is 4.79 Å². The highest BCUT2D eigenvalue weighted by molar-refractivity contribution is 5.70. The standard InChI is InChI=1S/C30H35FO6/c1-6-36-29(30(2,3)4)25-14-19(10-12-23(25)24-16-21(35-5)11-13-26(24)31)18-37-22-9-7-8-20(15-22)27(32)17-28(33)34/h7-16,27,29,32H,6,17-18H2,1-5H3,(H,33,34)/t27-,29-/m1/s1. The lowest BCUT2D eigenvalue weighted by molar-refractivity contribution is -0.139. The Balaban J connectivity index is 1.98. The molecule has 0 aromatic heterocycles. The third-order valence-electron chi connectivity index (χ3n) is 6.00. The molecule has 37 heavy (non-hydrogen) atoms. The smallest absolute Gasteiger partial charge is 0.306 e. The van der Waals surface area contributed by atoms with Gasteiger partial charge >= 0.3 is 5.97 Å². The fraction of sp³-hybridized carbons (Fsp3) is 0.367. The van der Waals surface area contributed by atoms with E-state index in [4.69, 9.17) is 19.3 Å². The van der Waals surface area contributed by atoms with Gasteiger partial charge in [-0.25, -0.2) is 4.39 Å². The Kier molecular flexibility index (Phi) is 9.29. The number of aliphatic hydroxyl groups excluding tert-OH is 1. The van der Waals surface area contributed by atoms with Gasteiger partial charge in [0.15, 0.2) is 0 Å². The van der Waals surface area contributed by atoms with E-state index < -0.39 is 12.1 Å². The van der Waals surface area contributed by atoms with E-state index in [1.807, 2.05) is 25.1 Å². The van der Waals surface area contributed by atoms with E-state index in [1.165, 1.54) is 6.07 Å². The van der Waals surface area contributed by atoms with Crippen molar-refractivity contribution in [2.45, 2.75) is 52.9 Å². The van der Waals surface area contributed by atoms with Crippen molar-refractivity contribution in [3.05, 3.63) is 83.2 Å². The largest absolute Gasteiger partial charge is 0.497 e. The van der Waals surface area contributed by atoms with Crippen LogP contribution >= 0.6 is 0 Å². The predicted octanol–water partition coefficient (Wildman–Crippen LogP) is 6.71. The number of benzene rings is 3. The quantitative estimate of drug-likeness (QED) is 0.298. The zero-order valence-corrected chi connectivity index (χ0v) is 22.0. The first-order valence-corrected chi connectivity index (χ1v) is 12.2. The number of carboxylic acids is 1. The number of rotatable bonds is 11. The van der Waals surface area contributed by atoms with Crippen LogP contribution in [0.4, 0.5) is 4.39 Å². The molecule has 2 atom stereocenters. The molecule has 0 bridgehead atoms. The van der Waals surface area contributed by atoms with Gasteiger partial charge in [-0.05, 0) is 71.0 Å². The van der Waals surface area contributed by atoms with Crippen LogP contribution in [-0.4, -0.2) is 29.9 Å². The van der Waals surface area contributed by atoms with Gasteiger partial charge in [0.1, 0.15) is 23.9 Å². The van der Waals surface area contributed by atoms with Crippen LogP contribution in [0.15, 0.2) is 60.7 Å². The lowest BCUT2D eigenvalue weighted by Gasteiger charge is -2.33. The van der Waals surface area contributed by atoms with E-state index in [9.17, 15) is 14.3 Å². The molecule has 0 heterocycles. The Bertz CT molecular complexity index is 1220. The lowest BCUT2D eigenvalue weighted by atomic mass is 9.81. The Morgan fingerprint density at radius 2 is 1.76 bits per heavy atom. The van der Waals surface area contributed by atoms with Crippen LogP contribution in [0.5, 0.6) is 11.5 Å². The van der Waals surface area contributed by atoms with Crippen LogP contribution in [0.25, 0.3) is 11.1 Å². The second kappa shape index (κ2) is 12.2. The summed E-state index contributed by atoms with van der Waals surface area (Å²) >= 11 is 0. The van der Waals surface area contributed by atoms with Crippen LogP contribution in [0.1, 0.15) is 63.0 Å². The van der Waals surface area contributed by atoms with E-state index in [-0.39, 0.29) is 30.4 Å². The van der Waals surface area contributed by atoms with Crippen molar-refractivity contribution in [3.8, 4) is 22.6 Å². The number of halogens is 1. The summed E-state index contributed by atoms with van der Waals surface area (Å²) in [6, 6.07) is 17.1. The number of aliphatic carboxylic acids is 1. The first kappa shape index (κ1) is 28.2. The molecule has 0 saturated heterocycles. The first-order valence-electron chi connectivity index (χ1n) is 12.2. The van der Waals surface area contributed by atoms with Gasteiger partial charge in [0.25, 0.3) is 0 Å². The normalized spacial score (nSPS) is 13.2. The maximum atomic E-state index is 15.0. The van der Waals surface area contributed by atoms with Crippen LogP contribution in [-0.2, 0) is 16.1 Å². The molecule has 0 unspecified atom stereocenters. The molecule has 6 nitrogen and oxygen atoms in total. The molecule has 0 saturated carbocycles. The van der Waals surface area contributed by atoms with Gasteiger partial charge in [-0.2, -0.15) is 0 Å². The van der Waals surface area contributed by atoms with Crippen LogP contribution in [0, 0.1) is 11.2 Å². The minimum atomic E-state index is -1.12. The second-order valence-electron chi connectivity index (χ2n) is 9.94. The van der Waals surface area contributed by atoms with Crippen molar-refractivity contribution in [2.75, 3.05) is 13.7 Å². The zero-order chi connectivity index (χ0) is 27.2. The number of hydrogen-bond donors (Lipinski definition) is 2. The molecule has 3 aromatic carbocycles. The second-order valence-corrected chi connectivity index (χ2v) is 9.94. The average molecular weight is 511 g/mol. The Morgan fingerprint density at radius 1 is 1.00 bits per heavy atom. The highest BCUT2D eigenvalue weighted by Crippen LogP contribution is 2.42. The van der Waals surface area contributed by atoms with E-state index in [2.05, 4.69) is 20.8 Å². The summed E-state index contributed by atoms with van der Waals surface area (Å²) < 4.78 is 32.5. The molecule has 0 radical (unpaired) electrons. The third-order valence-corrected chi connectivity index (χ3v) is 6.00. The summed E-state index contributed by atoms with van der Waals surface area (Å²) in [4.78, 5) is 10.9. The third kappa shape index (κ3) is 7.31. The molecule has 3 rings (SSSR count). The van der Waals surface area contributed by atoms with Crippen LogP contribution < -0.4 is 9.47 Å². The summed E-state index contributed by atoms with van der Waals surface area (Å²) in [5.74, 6) is -0.374. The molecule has 2 N–H and O–H groups in total. The van der Waals surface area contributed by atoms with Gasteiger partial charge in [-0.15, -0.1) is 0 Å². The molecule has 3 aromatic rings. The van der Waals surface area contributed by atoms with E-state index in [0.29, 0.717) is 34.8 Å². The molecular formula is C30H35FO6. The molecule has 7 heteroatoms. The van der Waals surface area contributed by atoms with Crippen molar-refractivity contribution in [1.82, 2.24) is 0 Å². The molecule has 0 amide bonds. The highest BCUT2D eigenvalue weighted by Gasteiger charge is 2.30. The Labute approximate surface area is 217 Å². The van der Waals surface area contributed by atoms with Gasteiger partial charge in [0, 0.05) is 12.2 Å². The fourth-order valence-corrected chi connectivity index (χ4v) is 4.24. The monoisotopic (exact) mass is 510 g/mol. The van der Waals surface area contributed by atoms with Gasteiger partial charge in [0.05, 0.1) is 25.7 Å². The summed E-state index contributed by atoms with van der Waals surface area (Å²) in [6.07, 6.45) is -1.82. The molecule has 198 valence electrons. The van der Waals surface area contributed by atoms with Crippen molar-refractivity contribution >= 4 is 5.97 Å². The number of carbonyl (C=O) groups is 1. The Morgan fingerprint density at radius 3 is 2.41 bits per heavy atom. The number of aliphatic hydroxyl groups is 1. The molecule has 0 aliphatic heterocycles. The van der Waals surface area contributed by atoms with Gasteiger partial charge < -0.3 is 24.4 Å². The summed E-state index contributed by atoms with van der Waals surface area (Å²) in [6.45, 7) is 8.88. The Hall–Kier alpha value is -3.42. The van der Waals surface area contributed by atoms with E-state index in [1.54, 1.807) is 43.5 Å². The molecule has 0 aliphatic rings. The summed E-state index contributed by atoms with van der Waals surface area (Å²) in [5.41, 5.74) is 3.03. The molecule has 0 fully saturated rings. The van der Waals surface area contributed by atoms with E-state index in [0.717, 1.165) is 11.1 Å². The highest BCUT2D eigenvalue weighted by atomic mass is 19.1. The van der Waals surface area contributed by atoms with Crippen molar-refractivity contribution in [3.63, 3.8) is 0 Å². The maximum Gasteiger partial charge on any atom is 0.306 e. The molecular weight excluding hydrogens is 475 g/mol. The van der Waals surface area contributed by atoms with Crippen molar-refractivity contribution in [2.24, 2.45) is 5.41 Å². The number of hydrogen-bond acceptors (Lipinski definition) is 5. The minimum Gasteiger partial charge on any atom is -0.497 e. The molecule has 0 aliphatic carbocycles. The van der Waals surface area contributed by atoms with Crippen LogP contribution in [0.2, 0.25) is 0 Å². The SMILES string of the molecule is CCO[C@H](c1cc(COc2cccc([C@H](O)CC(=O)O)c2)ccc1-c1cc(OC)ccc1F)C(C)(C)C. The lowest BCUT2D eigenvalue weighted by Crippen LogP contribution is -2.22. The number of ether oxygens (including phenoxy) is 3. The topological polar surface area (TPSA) is 85.2 Å². The maximum absolute atomic E-state index is 15.0. The van der Waals surface area contributed by atoms with Crippen LogP contribution in [0.3, 0.4) is 0 Å². The predicted molar refractivity (Wildman–Crippen MR) is 140 cm³/mol. The van der Waals surface area contributed by atoms with E-state index >= 15 is 0 Å². The zero-order valence-electron chi connectivity index (χ0n) is 22.0. The summed E-state index contributed by atoms with van der Waals surface area (Å²) in [7, 11) is 1.55. The average Bonchev–Trinajstić information content (AvgIpc) is 2.85. The van der Waals surface area contributed by atoms with Gasteiger partial charge in [-0.1, -0.05) is 45.0 Å². The van der Waals surface area contributed by atoms with Crippen molar-refractivity contribution in [1.29, 1.82) is 0 Å². The number of methoxy groups -OCH3 is 1. The first-order chi connectivity index (χ1) is 17.5. The summed E-state index contributed by atoms with van der Waals surface area (Å²) in [5, 5.41) is 19.1. The van der Waals surface area contributed by atoms with Crippen molar-refractivity contribution < 1.29 is 33.6 Å². The number of carboxylic acid groups (broad SMARTS) is 1. The molecule has 0 spiro atoms. The minimum absolute atomic E-state index is 0.218. The van der Waals surface area contributed by atoms with Gasteiger partial charge in [0.2, 0.25) is 0 Å².